The van der Waals surface area contributed by atoms with Crippen LogP contribution in [0.5, 0.6) is 0 Å². The average Bonchev–Trinajstić information content (AvgIpc) is 2.49. The second kappa shape index (κ2) is 7.91. The third kappa shape index (κ3) is 5.13. The Kier molecular flexibility index (Phi) is 5.91. The first-order valence-corrected chi connectivity index (χ1v) is 7.59. The van der Waals surface area contributed by atoms with Crippen molar-refractivity contribution in [1.29, 1.82) is 0 Å². The molecule has 0 spiro atoms. The maximum atomic E-state index is 12.2. The molecule has 6 nitrogen and oxygen atoms in total. The SMILES string of the molecule is CC(=O)N[C@H](CC(=O)NN1CCN(C)CC1)c1ccccc1. The van der Waals surface area contributed by atoms with E-state index in [1.54, 1.807) is 0 Å². The quantitative estimate of drug-likeness (QED) is 0.833. The van der Waals surface area contributed by atoms with Crippen LogP contribution in [0.1, 0.15) is 24.9 Å². The fraction of sp³-hybridized carbons (Fsp3) is 0.500. The molecule has 1 aromatic carbocycles. The molecule has 0 radical (unpaired) electrons. The highest BCUT2D eigenvalue weighted by molar-refractivity contribution is 5.78. The largest absolute Gasteiger partial charge is 0.349 e. The van der Waals surface area contributed by atoms with Gasteiger partial charge >= 0.3 is 0 Å². The average molecular weight is 304 g/mol. The summed E-state index contributed by atoms with van der Waals surface area (Å²) in [5.41, 5.74) is 3.87. The predicted octanol–water partition coefficient (Wildman–Crippen LogP) is 0.533. The molecular weight excluding hydrogens is 280 g/mol. The molecular formula is C16H24N4O2. The van der Waals surface area contributed by atoms with Crippen molar-refractivity contribution in [2.45, 2.75) is 19.4 Å². The number of carbonyl (C=O) groups excluding carboxylic acids is 2. The lowest BCUT2D eigenvalue weighted by molar-refractivity contribution is -0.127. The van der Waals surface area contributed by atoms with Gasteiger partial charge in [0.2, 0.25) is 11.8 Å². The van der Waals surface area contributed by atoms with E-state index in [9.17, 15) is 9.59 Å². The van der Waals surface area contributed by atoms with E-state index in [0.717, 1.165) is 31.7 Å². The van der Waals surface area contributed by atoms with E-state index in [2.05, 4.69) is 22.7 Å². The number of amides is 2. The van der Waals surface area contributed by atoms with E-state index < -0.39 is 0 Å². The van der Waals surface area contributed by atoms with Crippen molar-refractivity contribution < 1.29 is 9.59 Å². The minimum Gasteiger partial charge on any atom is -0.349 e. The van der Waals surface area contributed by atoms with Crippen LogP contribution in [-0.2, 0) is 9.59 Å². The van der Waals surface area contributed by atoms with Gasteiger partial charge in [-0.25, -0.2) is 5.01 Å². The molecule has 1 fully saturated rings. The zero-order chi connectivity index (χ0) is 15.9. The fourth-order valence-electron chi connectivity index (χ4n) is 2.51. The second-order valence-corrected chi connectivity index (χ2v) is 5.69. The van der Waals surface area contributed by atoms with Crippen molar-refractivity contribution in [1.82, 2.24) is 20.7 Å². The van der Waals surface area contributed by atoms with Gasteiger partial charge in [-0.15, -0.1) is 0 Å². The standard InChI is InChI=1S/C16H24N4O2/c1-13(21)17-15(14-6-4-3-5-7-14)12-16(22)18-20-10-8-19(2)9-11-20/h3-7,15H,8-12H2,1-2H3,(H,17,21)(H,18,22)/t15-/m1/s1. The molecule has 22 heavy (non-hydrogen) atoms. The van der Waals surface area contributed by atoms with E-state index in [-0.39, 0.29) is 24.3 Å². The van der Waals surface area contributed by atoms with Crippen LogP contribution in [0, 0.1) is 0 Å². The van der Waals surface area contributed by atoms with E-state index in [1.165, 1.54) is 6.92 Å². The third-order valence-electron chi connectivity index (χ3n) is 3.76. The number of nitrogens with one attached hydrogen (secondary N) is 2. The summed E-state index contributed by atoms with van der Waals surface area (Å²) in [6, 6.07) is 9.27. The van der Waals surface area contributed by atoms with Crippen molar-refractivity contribution in [3.05, 3.63) is 35.9 Å². The summed E-state index contributed by atoms with van der Waals surface area (Å²) in [5.74, 6) is -0.214. The minimum absolute atomic E-state index is 0.0767. The van der Waals surface area contributed by atoms with Crippen molar-refractivity contribution in [3.8, 4) is 0 Å². The van der Waals surface area contributed by atoms with Gasteiger partial charge in [-0.05, 0) is 12.6 Å². The first-order chi connectivity index (χ1) is 10.5. The van der Waals surface area contributed by atoms with Crippen LogP contribution < -0.4 is 10.7 Å². The van der Waals surface area contributed by atoms with Gasteiger partial charge in [-0.1, -0.05) is 30.3 Å². The number of benzene rings is 1. The Balaban J connectivity index is 1.92. The van der Waals surface area contributed by atoms with Crippen molar-refractivity contribution in [3.63, 3.8) is 0 Å². The number of hydrazine groups is 1. The molecule has 1 saturated heterocycles. The van der Waals surface area contributed by atoms with Crippen molar-refractivity contribution >= 4 is 11.8 Å². The molecule has 2 amide bonds. The Morgan fingerprint density at radius 2 is 1.77 bits per heavy atom. The second-order valence-electron chi connectivity index (χ2n) is 5.69. The van der Waals surface area contributed by atoms with Crippen LogP contribution in [0.3, 0.4) is 0 Å². The summed E-state index contributed by atoms with van der Waals surface area (Å²) in [5, 5.41) is 4.79. The Morgan fingerprint density at radius 3 is 2.36 bits per heavy atom. The zero-order valence-electron chi connectivity index (χ0n) is 13.2. The molecule has 0 aliphatic carbocycles. The highest BCUT2D eigenvalue weighted by Crippen LogP contribution is 2.16. The molecule has 1 aliphatic rings. The first kappa shape index (κ1) is 16.5. The maximum absolute atomic E-state index is 12.2. The molecule has 2 N–H and O–H groups in total. The van der Waals surface area contributed by atoms with Crippen molar-refractivity contribution in [2.24, 2.45) is 0 Å². The normalized spacial score (nSPS) is 17.7. The van der Waals surface area contributed by atoms with Crippen LogP contribution in [0.25, 0.3) is 0 Å². The molecule has 0 aromatic heterocycles. The number of rotatable bonds is 5. The maximum Gasteiger partial charge on any atom is 0.236 e. The molecule has 0 saturated carbocycles. The fourth-order valence-corrected chi connectivity index (χ4v) is 2.51. The van der Waals surface area contributed by atoms with Gasteiger partial charge in [0.15, 0.2) is 0 Å². The summed E-state index contributed by atoms with van der Waals surface area (Å²) in [7, 11) is 2.07. The lowest BCUT2D eigenvalue weighted by Gasteiger charge is -2.32. The molecule has 0 unspecified atom stereocenters. The number of piperazine rings is 1. The van der Waals surface area contributed by atoms with Crippen LogP contribution in [-0.4, -0.2) is 54.9 Å². The number of carbonyl (C=O) groups is 2. The molecule has 120 valence electrons. The monoisotopic (exact) mass is 304 g/mol. The summed E-state index contributed by atoms with van der Waals surface area (Å²) >= 11 is 0. The first-order valence-electron chi connectivity index (χ1n) is 7.59. The molecule has 1 heterocycles. The topological polar surface area (TPSA) is 64.7 Å². The highest BCUT2D eigenvalue weighted by Gasteiger charge is 2.20. The van der Waals surface area contributed by atoms with E-state index in [4.69, 9.17) is 0 Å². The smallest absolute Gasteiger partial charge is 0.236 e. The summed E-state index contributed by atoms with van der Waals surface area (Å²) in [6.07, 6.45) is 0.232. The van der Waals surface area contributed by atoms with Gasteiger partial charge in [-0.3, -0.25) is 15.0 Å². The third-order valence-corrected chi connectivity index (χ3v) is 3.76. The number of hydrogen-bond acceptors (Lipinski definition) is 4. The van der Waals surface area contributed by atoms with Gasteiger partial charge in [0.05, 0.1) is 12.5 Å². The molecule has 6 heteroatoms. The number of nitrogens with zero attached hydrogens (tertiary/aromatic N) is 2. The van der Waals surface area contributed by atoms with Gasteiger partial charge in [-0.2, -0.15) is 0 Å². The van der Waals surface area contributed by atoms with Crippen LogP contribution in [0.15, 0.2) is 30.3 Å². The lowest BCUT2D eigenvalue weighted by atomic mass is 10.0. The van der Waals surface area contributed by atoms with Crippen molar-refractivity contribution in [2.75, 3.05) is 33.2 Å². The number of likely N-dealkylation sites (N-methyl/N-ethyl adjacent to an activating group) is 1. The van der Waals surface area contributed by atoms with Crippen LogP contribution >= 0.6 is 0 Å². The Hall–Kier alpha value is -1.92. The highest BCUT2D eigenvalue weighted by atomic mass is 16.2. The minimum atomic E-state index is -0.300. The van der Waals surface area contributed by atoms with Gasteiger partial charge < -0.3 is 10.2 Å². The van der Waals surface area contributed by atoms with Gasteiger partial charge in [0, 0.05) is 33.1 Å². The molecule has 0 bridgehead atoms. The molecule has 1 aliphatic heterocycles. The summed E-state index contributed by atoms with van der Waals surface area (Å²) < 4.78 is 0. The van der Waals surface area contributed by atoms with Crippen LogP contribution in [0.4, 0.5) is 0 Å². The molecule has 1 atom stereocenters. The summed E-state index contributed by atoms with van der Waals surface area (Å²) in [6.45, 7) is 4.98. The van der Waals surface area contributed by atoms with Crippen LogP contribution in [0.2, 0.25) is 0 Å². The Bertz CT molecular complexity index is 498. The lowest BCUT2D eigenvalue weighted by Crippen LogP contribution is -2.53. The molecule has 1 aromatic rings. The van der Waals surface area contributed by atoms with E-state index >= 15 is 0 Å². The van der Waals surface area contributed by atoms with E-state index in [1.807, 2.05) is 35.3 Å². The Morgan fingerprint density at radius 1 is 1.14 bits per heavy atom. The van der Waals surface area contributed by atoms with E-state index in [0.29, 0.717) is 0 Å². The summed E-state index contributed by atoms with van der Waals surface area (Å²) in [4.78, 5) is 25.8. The Labute approximate surface area is 131 Å². The van der Waals surface area contributed by atoms with Gasteiger partial charge in [0.1, 0.15) is 0 Å². The predicted molar refractivity (Wildman–Crippen MR) is 84.8 cm³/mol. The number of hydrogen-bond donors (Lipinski definition) is 2. The zero-order valence-corrected chi connectivity index (χ0v) is 13.2. The van der Waals surface area contributed by atoms with Gasteiger partial charge in [0.25, 0.3) is 0 Å². The molecule has 2 rings (SSSR count).